The van der Waals surface area contributed by atoms with Crippen LogP contribution in [-0.2, 0) is 6.42 Å². The lowest BCUT2D eigenvalue weighted by atomic mass is 9.97. The molecule has 0 aliphatic carbocycles. The summed E-state index contributed by atoms with van der Waals surface area (Å²) in [4.78, 5) is 4.08. The molecule has 2 aromatic rings. The predicted molar refractivity (Wildman–Crippen MR) is 89.9 cm³/mol. The molecule has 21 heavy (non-hydrogen) atoms. The SMILES string of the molecule is CCCNC(Cc1ccc(C)c(C)c1)c1ccncc1Cl. The number of nitrogens with one attached hydrogen (secondary N) is 1. The van der Waals surface area contributed by atoms with Gasteiger partial charge in [-0.25, -0.2) is 0 Å². The summed E-state index contributed by atoms with van der Waals surface area (Å²) in [7, 11) is 0. The molecule has 1 unspecified atom stereocenters. The van der Waals surface area contributed by atoms with Crippen molar-refractivity contribution in [1.82, 2.24) is 10.3 Å². The molecule has 1 heterocycles. The molecule has 1 atom stereocenters. The van der Waals surface area contributed by atoms with Gasteiger partial charge in [0.05, 0.1) is 5.02 Å². The second kappa shape index (κ2) is 7.58. The van der Waals surface area contributed by atoms with Gasteiger partial charge in [0, 0.05) is 18.4 Å². The number of pyridine rings is 1. The molecule has 0 saturated carbocycles. The first-order chi connectivity index (χ1) is 10.1. The van der Waals surface area contributed by atoms with Crippen LogP contribution in [-0.4, -0.2) is 11.5 Å². The van der Waals surface area contributed by atoms with Crippen LogP contribution in [0, 0.1) is 13.8 Å². The minimum atomic E-state index is 0.225. The first kappa shape index (κ1) is 16.0. The molecule has 0 bridgehead atoms. The maximum Gasteiger partial charge on any atom is 0.0637 e. The van der Waals surface area contributed by atoms with Crippen LogP contribution in [0.1, 0.15) is 41.6 Å². The van der Waals surface area contributed by atoms with E-state index in [0.717, 1.165) is 30.0 Å². The van der Waals surface area contributed by atoms with Crippen molar-refractivity contribution in [3.63, 3.8) is 0 Å². The summed E-state index contributed by atoms with van der Waals surface area (Å²) in [6, 6.07) is 8.90. The first-order valence-electron chi connectivity index (χ1n) is 7.50. The van der Waals surface area contributed by atoms with E-state index in [1.54, 1.807) is 6.20 Å². The lowest BCUT2D eigenvalue weighted by Gasteiger charge is -2.20. The van der Waals surface area contributed by atoms with Crippen LogP contribution in [0.2, 0.25) is 5.02 Å². The molecule has 1 aromatic heterocycles. The topological polar surface area (TPSA) is 24.9 Å². The zero-order chi connectivity index (χ0) is 15.2. The number of aryl methyl sites for hydroxylation is 2. The van der Waals surface area contributed by atoms with E-state index in [9.17, 15) is 0 Å². The summed E-state index contributed by atoms with van der Waals surface area (Å²) in [5, 5.41) is 4.33. The smallest absolute Gasteiger partial charge is 0.0637 e. The highest BCUT2D eigenvalue weighted by Gasteiger charge is 2.15. The van der Waals surface area contributed by atoms with Gasteiger partial charge < -0.3 is 5.32 Å². The molecule has 2 nitrogen and oxygen atoms in total. The molecule has 0 saturated heterocycles. The van der Waals surface area contributed by atoms with Gasteiger partial charge in [-0.15, -0.1) is 0 Å². The van der Waals surface area contributed by atoms with Crippen LogP contribution in [0.3, 0.4) is 0 Å². The average Bonchev–Trinajstić information content (AvgIpc) is 2.48. The zero-order valence-corrected chi connectivity index (χ0v) is 13.7. The molecule has 0 amide bonds. The number of nitrogens with zero attached hydrogens (tertiary/aromatic N) is 1. The van der Waals surface area contributed by atoms with Gasteiger partial charge in [-0.1, -0.05) is 36.7 Å². The van der Waals surface area contributed by atoms with E-state index >= 15 is 0 Å². The number of hydrogen-bond donors (Lipinski definition) is 1. The maximum absolute atomic E-state index is 6.32. The van der Waals surface area contributed by atoms with Crippen molar-refractivity contribution in [3.05, 3.63) is 63.9 Å². The van der Waals surface area contributed by atoms with Gasteiger partial charge in [0.2, 0.25) is 0 Å². The number of aromatic nitrogens is 1. The third kappa shape index (κ3) is 4.29. The Morgan fingerprint density at radius 2 is 2.00 bits per heavy atom. The minimum Gasteiger partial charge on any atom is -0.310 e. The summed E-state index contributed by atoms with van der Waals surface area (Å²) >= 11 is 6.32. The Balaban J connectivity index is 2.24. The summed E-state index contributed by atoms with van der Waals surface area (Å²) in [5.41, 5.74) is 5.12. The minimum absolute atomic E-state index is 0.225. The van der Waals surface area contributed by atoms with E-state index in [0.29, 0.717) is 0 Å². The maximum atomic E-state index is 6.32. The second-order valence-corrected chi connectivity index (χ2v) is 5.93. The molecule has 1 aromatic carbocycles. The Labute approximate surface area is 132 Å². The number of halogens is 1. The second-order valence-electron chi connectivity index (χ2n) is 5.53. The highest BCUT2D eigenvalue weighted by Crippen LogP contribution is 2.25. The zero-order valence-electron chi connectivity index (χ0n) is 13.0. The molecule has 3 heteroatoms. The molecular formula is C18H23ClN2. The van der Waals surface area contributed by atoms with E-state index < -0.39 is 0 Å². The van der Waals surface area contributed by atoms with E-state index in [-0.39, 0.29) is 6.04 Å². The Hall–Kier alpha value is -1.38. The van der Waals surface area contributed by atoms with Crippen molar-refractivity contribution in [3.8, 4) is 0 Å². The lowest BCUT2D eigenvalue weighted by molar-refractivity contribution is 0.529. The Bertz CT molecular complexity index is 596. The van der Waals surface area contributed by atoms with Crippen molar-refractivity contribution >= 4 is 11.6 Å². The Kier molecular flexibility index (Phi) is 5.77. The van der Waals surface area contributed by atoms with E-state index in [2.05, 4.69) is 49.3 Å². The van der Waals surface area contributed by atoms with Gasteiger partial charge in [-0.3, -0.25) is 4.98 Å². The van der Waals surface area contributed by atoms with Crippen molar-refractivity contribution in [1.29, 1.82) is 0 Å². The van der Waals surface area contributed by atoms with Crippen LogP contribution in [0.5, 0.6) is 0 Å². The third-order valence-electron chi connectivity index (χ3n) is 3.83. The predicted octanol–water partition coefficient (Wildman–Crippen LogP) is 4.64. The number of hydrogen-bond acceptors (Lipinski definition) is 2. The Morgan fingerprint density at radius 3 is 2.67 bits per heavy atom. The van der Waals surface area contributed by atoms with Gasteiger partial charge in [-0.2, -0.15) is 0 Å². The van der Waals surface area contributed by atoms with Crippen LogP contribution < -0.4 is 5.32 Å². The first-order valence-corrected chi connectivity index (χ1v) is 7.88. The van der Waals surface area contributed by atoms with Crippen molar-refractivity contribution in [2.24, 2.45) is 0 Å². The normalized spacial score (nSPS) is 12.4. The third-order valence-corrected chi connectivity index (χ3v) is 4.15. The van der Waals surface area contributed by atoms with Crippen LogP contribution in [0.4, 0.5) is 0 Å². The summed E-state index contributed by atoms with van der Waals surface area (Å²) in [6.45, 7) is 7.46. The fourth-order valence-electron chi connectivity index (χ4n) is 2.45. The van der Waals surface area contributed by atoms with Gasteiger partial charge in [-0.05, 0) is 61.6 Å². The van der Waals surface area contributed by atoms with Crippen molar-refractivity contribution < 1.29 is 0 Å². The summed E-state index contributed by atoms with van der Waals surface area (Å²) in [5.74, 6) is 0. The van der Waals surface area contributed by atoms with E-state index in [4.69, 9.17) is 11.6 Å². The van der Waals surface area contributed by atoms with Crippen LogP contribution in [0.15, 0.2) is 36.7 Å². The summed E-state index contributed by atoms with van der Waals surface area (Å²) in [6.07, 6.45) is 5.57. The molecule has 0 radical (unpaired) electrons. The molecule has 0 aliphatic rings. The summed E-state index contributed by atoms with van der Waals surface area (Å²) < 4.78 is 0. The fourth-order valence-corrected chi connectivity index (χ4v) is 2.70. The van der Waals surface area contributed by atoms with Gasteiger partial charge in [0.1, 0.15) is 0 Å². The lowest BCUT2D eigenvalue weighted by Crippen LogP contribution is -2.24. The Morgan fingerprint density at radius 1 is 1.19 bits per heavy atom. The highest BCUT2D eigenvalue weighted by molar-refractivity contribution is 6.31. The van der Waals surface area contributed by atoms with E-state index in [1.807, 2.05) is 12.3 Å². The molecule has 0 aliphatic heterocycles. The van der Waals surface area contributed by atoms with Crippen LogP contribution >= 0.6 is 11.6 Å². The largest absolute Gasteiger partial charge is 0.310 e. The average molecular weight is 303 g/mol. The van der Waals surface area contributed by atoms with Gasteiger partial charge in [0.25, 0.3) is 0 Å². The number of benzene rings is 1. The molecule has 1 N–H and O–H groups in total. The van der Waals surface area contributed by atoms with Gasteiger partial charge >= 0.3 is 0 Å². The number of rotatable bonds is 6. The molecular weight excluding hydrogens is 280 g/mol. The fraction of sp³-hybridized carbons (Fsp3) is 0.389. The van der Waals surface area contributed by atoms with Gasteiger partial charge in [0.15, 0.2) is 0 Å². The van der Waals surface area contributed by atoms with Crippen molar-refractivity contribution in [2.75, 3.05) is 6.54 Å². The standard InChI is InChI=1S/C18H23ClN2/c1-4-8-21-18(16-7-9-20-12-17(16)19)11-15-6-5-13(2)14(3)10-15/h5-7,9-10,12,18,21H,4,8,11H2,1-3H3. The quantitative estimate of drug-likeness (QED) is 0.841. The van der Waals surface area contributed by atoms with Crippen LogP contribution in [0.25, 0.3) is 0 Å². The highest BCUT2D eigenvalue weighted by atomic mass is 35.5. The molecule has 2 rings (SSSR count). The molecule has 0 fully saturated rings. The molecule has 112 valence electrons. The van der Waals surface area contributed by atoms with E-state index in [1.165, 1.54) is 16.7 Å². The van der Waals surface area contributed by atoms with Crippen molar-refractivity contribution in [2.45, 2.75) is 39.7 Å². The monoisotopic (exact) mass is 302 g/mol. The molecule has 0 spiro atoms.